The van der Waals surface area contributed by atoms with Gasteiger partial charge in [-0.2, -0.15) is 0 Å². The van der Waals surface area contributed by atoms with Crippen LogP contribution in [0.1, 0.15) is 6.92 Å². The minimum absolute atomic E-state index is 0.339. The Kier molecular flexibility index (Phi) is 1.92. The van der Waals surface area contributed by atoms with Gasteiger partial charge in [0, 0.05) is 11.0 Å². The summed E-state index contributed by atoms with van der Waals surface area (Å²) in [5, 5.41) is 8.10. The van der Waals surface area contributed by atoms with Crippen LogP contribution >= 0.6 is 23.5 Å². The molecule has 0 saturated carbocycles. The molecule has 2 aliphatic heterocycles. The molecule has 0 amide bonds. The minimum atomic E-state index is 0.339. The van der Waals surface area contributed by atoms with Crippen LogP contribution in [0.4, 0.5) is 0 Å². The summed E-state index contributed by atoms with van der Waals surface area (Å²) < 4.78 is 0. The Labute approximate surface area is 79.4 Å². The molecular weight excluding hydrogens is 190 g/mol. The number of hydrogen-bond donors (Lipinski definition) is 2. The maximum absolute atomic E-state index is 7.53. The van der Waals surface area contributed by atoms with E-state index in [1.165, 1.54) is 0 Å². The molecule has 1 unspecified atom stereocenters. The summed E-state index contributed by atoms with van der Waals surface area (Å²) in [5.41, 5.74) is 5.64. The topological polar surface area (TPSA) is 62.2 Å². The van der Waals surface area contributed by atoms with Gasteiger partial charge in [0.25, 0.3) is 0 Å². The fourth-order valence-electron chi connectivity index (χ4n) is 1.13. The summed E-state index contributed by atoms with van der Waals surface area (Å²) in [6, 6.07) is 0. The summed E-state index contributed by atoms with van der Waals surface area (Å²) >= 11 is 3.42. The Balaban J connectivity index is 2.35. The molecule has 2 heterocycles. The van der Waals surface area contributed by atoms with Crippen LogP contribution in [-0.4, -0.2) is 22.7 Å². The van der Waals surface area contributed by atoms with E-state index in [9.17, 15) is 0 Å². The van der Waals surface area contributed by atoms with E-state index in [0.29, 0.717) is 16.9 Å². The lowest BCUT2D eigenvalue weighted by molar-refractivity contribution is 1.13. The number of thioether (sulfide) groups is 2. The molecule has 12 heavy (non-hydrogen) atoms. The second-order valence-corrected chi connectivity index (χ2v) is 5.22. The van der Waals surface area contributed by atoms with Gasteiger partial charge >= 0.3 is 0 Å². The van der Waals surface area contributed by atoms with Gasteiger partial charge in [0.05, 0.1) is 9.81 Å². The van der Waals surface area contributed by atoms with E-state index in [4.69, 9.17) is 11.1 Å². The maximum atomic E-state index is 7.53. The zero-order valence-corrected chi connectivity index (χ0v) is 8.26. The molecule has 64 valence electrons. The highest BCUT2D eigenvalue weighted by molar-refractivity contribution is 8.11. The van der Waals surface area contributed by atoms with Crippen LogP contribution in [0, 0.1) is 5.41 Å². The normalized spacial score (nSPS) is 28.9. The third kappa shape index (κ3) is 1.17. The average Bonchev–Trinajstić information content (AvgIpc) is 2.28. The van der Waals surface area contributed by atoms with E-state index in [0.717, 1.165) is 15.6 Å². The third-order valence-electron chi connectivity index (χ3n) is 1.67. The van der Waals surface area contributed by atoms with Crippen LogP contribution in [-0.2, 0) is 0 Å². The van der Waals surface area contributed by atoms with Crippen LogP contribution in [0.15, 0.2) is 14.8 Å². The number of nitrogens with two attached hydrogens (primary N) is 1. The van der Waals surface area contributed by atoms with E-state index in [1.807, 2.05) is 0 Å². The van der Waals surface area contributed by atoms with Crippen molar-refractivity contribution in [2.24, 2.45) is 10.7 Å². The second-order valence-electron chi connectivity index (χ2n) is 2.74. The quantitative estimate of drug-likeness (QED) is 0.620. The summed E-state index contributed by atoms with van der Waals surface area (Å²) in [7, 11) is 0. The van der Waals surface area contributed by atoms with Gasteiger partial charge in [-0.25, -0.2) is 4.99 Å². The zero-order chi connectivity index (χ0) is 8.72. The fraction of sp³-hybridized carbons (Fsp3) is 0.429. The van der Waals surface area contributed by atoms with Crippen LogP contribution in [0.3, 0.4) is 0 Å². The molecular formula is C7H9N3S2. The van der Waals surface area contributed by atoms with Gasteiger partial charge in [0.2, 0.25) is 0 Å². The average molecular weight is 199 g/mol. The molecule has 2 aliphatic rings. The van der Waals surface area contributed by atoms with Crippen molar-refractivity contribution in [1.82, 2.24) is 0 Å². The summed E-state index contributed by atoms with van der Waals surface area (Å²) in [4.78, 5) is 5.92. The third-order valence-corrected chi connectivity index (χ3v) is 4.58. The monoisotopic (exact) mass is 199 g/mol. The molecule has 3 N–H and O–H groups in total. The Morgan fingerprint density at radius 3 is 3.08 bits per heavy atom. The predicted molar refractivity (Wildman–Crippen MR) is 55.9 cm³/mol. The van der Waals surface area contributed by atoms with Gasteiger partial charge in [-0.15, -0.1) is 23.5 Å². The molecule has 0 radical (unpaired) electrons. The predicted octanol–water partition coefficient (Wildman–Crippen LogP) is 1.41. The van der Waals surface area contributed by atoms with Crippen LogP contribution < -0.4 is 5.73 Å². The van der Waals surface area contributed by atoms with E-state index in [-0.39, 0.29) is 0 Å². The lowest BCUT2D eigenvalue weighted by atomic mass is 10.5. The van der Waals surface area contributed by atoms with Gasteiger partial charge in [-0.05, 0) is 0 Å². The van der Waals surface area contributed by atoms with Crippen molar-refractivity contribution in [1.29, 1.82) is 5.41 Å². The van der Waals surface area contributed by atoms with Crippen molar-refractivity contribution in [2.45, 2.75) is 12.2 Å². The van der Waals surface area contributed by atoms with Crippen LogP contribution in [0.5, 0.6) is 0 Å². The largest absolute Gasteiger partial charge is 0.383 e. The van der Waals surface area contributed by atoms with E-state index in [1.54, 1.807) is 23.5 Å². The van der Waals surface area contributed by atoms with Crippen molar-refractivity contribution in [2.75, 3.05) is 5.75 Å². The van der Waals surface area contributed by atoms with Gasteiger partial charge in [-0.3, -0.25) is 5.41 Å². The molecule has 0 bridgehead atoms. The first-order chi connectivity index (χ1) is 5.68. The highest BCUT2D eigenvalue weighted by atomic mass is 32.2. The first-order valence-electron chi connectivity index (χ1n) is 3.65. The molecule has 0 saturated heterocycles. The van der Waals surface area contributed by atoms with Crippen LogP contribution in [0.25, 0.3) is 0 Å². The molecule has 2 rings (SSSR count). The number of hydrogen-bond acceptors (Lipinski definition) is 4. The highest BCUT2D eigenvalue weighted by Crippen LogP contribution is 2.41. The number of nitrogens with one attached hydrogen (secondary N) is 1. The van der Waals surface area contributed by atoms with Gasteiger partial charge in [-0.1, -0.05) is 6.92 Å². The van der Waals surface area contributed by atoms with E-state index in [2.05, 4.69) is 11.9 Å². The molecule has 0 aliphatic carbocycles. The SMILES string of the molecule is CC1CSC2=C(S1)C(=N)N=C2N. The minimum Gasteiger partial charge on any atom is -0.383 e. The Bertz CT molecular complexity index is 306. The molecule has 0 fully saturated rings. The number of rotatable bonds is 0. The standard InChI is InChI=1S/C7H9N3S2/c1-3-2-11-4-5(12-3)7(9)10-6(4)8/h3H,2H2,1H3,(H3,8,9,10). The Hall–Kier alpha value is -0.420. The van der Waals surface area contributed by atoms with Crippen molar-refractivity contribution in [3.63, 3.8) is 0 Å². The van der Waals surface area contributed by atoms with Crippen molar-refractivity contribution >= 4 is 35.2 Å². The molecule has 1 atom stereocenters. The zero-order valence-electron chi connectivity index (χ0n) is 6.63. The maximum Gasteiger partial charge on any atom is 0.161 e. The van der Waals surface area contributed by atoms with Crippen molar-refractivity contribution in [3.8, 4) is 0 Å². The highest BCUT2D eigenvalue weighted by Gasteiger charge is 2.28. The fourth-order valence-corrected chi connectivity index (χ4v) is 3.52. The first-order valence-corrected chi connectivity index (χ1v) is 5.52. The second kappa shape index (κ2) is 2.81. The lowest BCUT2D eigenvalue weighted by Crippen LogP contribution is -2.15. The first kappa shape index (κ1) is 8.19. The molecule has 0 aromatic heterocycles. The molecule has 0 aromatic rings. The molecule has 5 heteroatoms. The number of nitrogens with zero attached hydrogens (tertiary/aromatic N) is 1. The molecule has 0 aromatic carbocycles. The Morgan fingerprint density at radius 2 is 2.33 bits per heavy atom. The van der Waals surface area contributed by atoms with Gasteiger partial charge in [0.1, 0.15) is 5.84 Å². The summed E-state index contributed by atoms with van der Waals surface area (Å²) in [6.07, 6.45) is 0. The van der Waals surface area contributed by atoms with Crippen molar-refractivity contribution in [3.05, 3.63) is 9.81 Å². The summed E-state index contributed by atoms with van der Waals surface area (Å²) in [6.45, 7) is 2.16. The van der Waals surface area contributed by atoms with Crippen molar-refractivity contribution < 1.29 is 0 Å². The molecule has 3 nitrogen and oxygen atoms in total. The van der Waals surface area contributed by atoms with E-state index >= 15 is 0 Å². The van der Waals surface area contributed by atoms with Crippen LogP contribution in [0.2, 0.25) is 0 Å². The Morgan fingerprint density at radius 1 is 1.58 bits per heavy atom. The smallest absolute Gasteiger partial charge is 0.161 e. The van der Waals surface area contributed by atoms with Gasteiger partial charge < -0.3 is 5.73 Å². The summed E-state index contributed by atoms with van der Waals surface area (Å²) in [5.74, 6) is 1.93. The van der Waals surface area contributed by atoms with E-state index < -0.39 is 0 Å². The number of amidine groups is 2. The lowest BCUT2D eigenvalue weighted by Gasteiger charge is -2.18. The molecule has 0 spiro atoms. The number of aliphatic imine (C=N–C) groups is 1. The van der Waals surface area contributed by atoms with Gasteiger partial charge in [0.15, 0.2) is 5.84 Å².